The van der Waals surface area contributed by atoms with Crippen LogP contribution in [0.25, 0.3) is 0 Å². The van der Waals surface area contributed by atoms with Crippen LogP contribution in [0.4, 0.5) is 0 Å². The van der Waals surface area contributed by atoms with Gasteiger partial charge in [-0.15, -0.1) is 0 Å². The minimum absolute atomic E-state index is 0. The molecule has 8 heteroatoms. The minimum Gasteiger partial charge on any atom is -0.521 e. The third-order valence-electron chi connectivity index (χ3n) is 4.89. The van der Waals surface area contributed by atoms with Gasteiger partial charge >= 0.3 is 11.9 Å². The van der Waals surface area contributed by atoms with Crippen LogP contribution >= 0.6 is 11.6 Å². The van der Waals surface area contributed by atoms with Gasteiger partial charge in [0.25, 0.3) is 0 Å². The van der Waals surface area contributed by atoms with E-state index >= 15 is 0 Å². The quantitative estimate of drug-likeness (QED) is 0.121. The fourth-order valence-electron chi connectivity index (χ4n) is 3.47. The Labute approximate surface area is 231 Å². The molecule has 216 valence electrons. The number of hydrogen-bond donors (Lipinski definition) is 1. The van der Waals surface area contributed by atoms with Crippen LogP contribution in [0.3, 0.4) is 0 Å². The van der Waals surface area contributed by atoms with E-state index in [1.165, 1.54) is 6.41 Å². The van der Waals surface area contributed by atoms with E-state index in [4.69, 9.17) is 21.1 Å². The molecule has 0 saturated carbocycles. The standard InChI is InChI=1S/C22H19ClO2.C7H12NO3.C2H6.Fm/c1-2-21(24)25-22(17-11-5-3-6-12-17,18-13-7-4-8-14-18)19-15-9-10-16-20(19)23;1-7(2,3)11-6(10)4-8-5-9;1-2;/h3-16H,2H2,1H3;4H2,1-3H3,(H,8,9);1-2H3;/q;-1;;. The first-order chi connectivity index (χ1) is 18.1. The van der Waals surface area contributed by atoms with E-state index in [0.717, 1.165) is 16.7 Å². The molecule has 0 fully saturated rings. The third kappa shape index (κ3) is 10.3. The summed E-state index contributed by atoms with van der Waals surface area (Å²) >= 11 is 6.54. The number of hydrogen-bond acceptors (Lipinski definition) is 5. The molecular weight excluding hydrogens is 759 g/mol. The summed E-state index contributed by atoms with van der Waals surface area (Å²) in [6.45, 7) is 10.9. The molecule has 3 aromatic carbocycles. The third-order valence-corrected chi connectivity index (χ3v) is 5.22. The molecule has 0 unspecified atom stereocenters. The van der Waals surface area contributed by atoms with Gasteiger partial charge in [-0.25, -0.2) is 0 Å². The number of esters is 2. The van der Waals surface area contributed by atoms with E-state index in [2.05, 4.69) is 5.32 Å². The van der Waals surface area contributed by atoms with Crippen LogP contribution in [0.15, 0.2) is 84.9 Å². The second-order valence-electron chi connectivity index (χ2n) is 8.76. The van der Waals surface area contributed by atoms with Crippen molar-refractivity contribution in [3.63, 3.8) is 0 Å². The number of carbonyl (C=O) groups excluding carboxylic acids is 3. The van der Waals surface area contributed by atoms with Gasteiger partial charge in [-0.3, -0.25) is 9.59 Å². The van der Waals surface area contributed by atoms with E-state index in [-0.39, 0.29) is 18.9 Å². The smallest absolute Gasteiger partial charge is 0.323 e. The Morgan fingerprint density at radius 1 is 0.795 bits per heavy atom. The number of nitrogens with one attached hydrogen (secondary N) is 1. The molecule has 0 spiro atoms. The Balaban J connectivity index is 0.000000879. The van der Waals surface area contributed by atoms with Crippen LogP contribution in [-0.4, -0.2) is 30.5 Å². The number of carbonyl (C=O) groups is 2. The predicted molar refractivity (Wildman–Crippen MR) is 151 cm³/mol. The fourth-order valence-corrected chi connectivity index (χ4v) is 3.74. The first-order valence-electron chi connectivity index (χ1n) is 12.5. The van der Waals surface area contributed by atoms with Crippen molar-refractivity contribution in [2.45, 2.75) is 59.2 Å². The van der Waals surface area contributed by atoms with Crippen molar-refractivity contribution in [1.82, 2.24) is 5.32 Å². The minimum atomic E-state index is -1.09. The largest absolute Gasteiger partial charge is 0.521 e. The monoisotopic (exact) mass is 795 g/mol. The Morgan fingerprint density at radius 3 is 1.67 bits per heavy atom. The van der Waals surface area contributed by atoms with Gasteiger partial charge in [0.1, 0.15) is 5.60 Å². The summed E-state index contributed by atoms with van der Waals surface area (Å²) in [5.41, 5.74) is 0.873. The van der Waals surface area contributed by atoms with Gasteiger partial charge in [-0.05, 0) is 26.8 Å². The first kappa shape index (κ1) is 34.4. The predicted octanol–water partition coefficient (Wildman–Crippen LogP) is 6.60. The van der Waals surface area contributed by atoms with Gasteiger partial charge in [-0.1, -0.05) is 111 Å². The van der Waals surface area contributed by atoms with Crippen LogP contribution < -0.4 is 5.32 Å². The topological polar surface area (TPSA) is 81.7 Å². The summed E-state index contributed by atoms with van der Waals surface area (Å²) < 4.78 is 11.0. The maximum Gasteiger partial charge on any atom is 0.323 e. The maximum atomic E-state index is 12.4. The van der Waals surface area contributed by atoms with Gasteiger partial charge in [0.05, 0.1) is 6.54 Å². The number of halogens is 1. The first-order valence-corrected chi connectivity index (χ1v) is 12.9. The van der Waals surface area contributed by atoms with Gasteiger partial charge < -0.3 is 19.6 Å². The zero-order valence-corrected chi connectivity index (χ0v) is 26.4. The Bertz CT molecular complexity index is 1090. The van der Waals surface area contributed by atoms with E-state index in [9.17, 15) is 14.4 Å². The molecule has 1 N–H and O–H groups in total. The number of ether oxygens (including phenoxy) is 2. The molecule has 0 aliphatic carbocycles. The molecule has 0 bridgehead atoms. The summed E-state index contributed by atoms with van der Waals surface area (Å²) in [7, 11) is 0. The van der Waals surface area contributed by atoms with Crippen molar-refractivity contribution in [3.05, 3.63) is 107 Å². The normalized spacial score (nSPS) is 10.2. The summed E-state index contributed by atoms with van der Waals surface area (Å²) in [5, 5.41) is 2.65. The summed E-state index contributed by atoms with van der Waals surface area (Å²) in [5.74, 6) is -0.742. The number of amides is 1. The van der Waals surface area contributed by atoms with Gasteiger partial charge in [0.2, 0.25) is 0 Å². The fraction of sp³-hybridized carbons (Fsp3) is 0.323. The van der Waals surface area contributed by atoms with Crippen molar-refractivity contribution in [2.75, 3.05) is 6.54 Å². The van der Waals surface area contributed by atoms with E-state index in [1.54, 1.807) is 27.7 Å². The maximum absolute atomic E-state index is 12.4. The molecule has 0 saturated heterocycles. The van der Waals surface area contributed by atoms with E-state index < -0.39 is 17.2 Å². The van der Waals surface area contributed by atoms with Crippen LogP contribution in [0.2, 0.25) is 5.02 Å². The Hall–Kier alpha value is -4.64. The molecule has 1 amide bonds. The summed E-state index contributed by atoms with van der Waals surface area (Å²) in [4.78, 5) is 32.8. The molecule has 3 rings (SSSR count). The Kier molecular flexibility index (Phi) is 15.0. The molecule has 0 aliphatic heterocycles. The zero-order valence-electron chi connectivity index (χ0n) is 23.2. The van der Waals surface area contributed by atoms with E-state index in [0.29, 0.717) is 5.02 Å². The number of benzene rings is 3. The number of rotatable bonds is 8. The van der Waals surface area contributed by atoms with Crippen LogP contribution in [0.5, 0.6) is 0 Å². The molecule has 0 aromatic heterocycles. The average Bonchev–Trinajstić information content (AvgIpc) is 2.92. The molecule has 6 nitrogen and oxygen atoms in total. The van der Waals surface area contributed by atoms with Crippen LogP contribution in [0.1, 0.15) is 64.7 Å². The SMILES string of the molecule is CC.CC(C)(C)OC(=O)CN[C-]=O.CCC(=O)OC(c1ccccc1)(c1ccccc1)c1ccccc1Cl.[Fm]. The zero-order chi connectivity index (χ0) is 28.6. The summed E-state index contributed by atoms with van der Waals surface area (Å²) in [6.07, 6.45) is 1.67. The van der Waals surface area contributed by atoms with Gasteiger partial charge in [0.15, 0.2) is 5.60 Å². The van der Waals surface area contributed by atoms with Crippen LogP contribution in [0, 0.1) is 0 Å². The Morgan fingerprint density at radius 2 is 1.26 bits per heavy atom. The second kappa shape index (κ2) is 17.0. The molecule has 39 heavy (non-hydrogen) atoms. The van der Waals surface area contributed by atoms with Crippen molar-refractivity contribution < 1.29 is 23.9 Å². The molecule has 0 radical (unpaired) electrons. The molecule has 0 atom stereocenters. The van der Waals surface area contributed by atoms with Crippen molar-refractivity contribution in [2.24, 2.45) is 0 Å². The average molecular weight is 796 g/mol. The van der Waals surface area contributed by atoms with Crippen molar-refractivity contribution in [1.29, 1.82) is 0 Å². The molecule has 0 heterocycles. The molecular formula is C31H37ClFmNO5-. The van der Waals surface area contributed by atoms with Crippen molar-refractivity contribution >= 4 is 29.9 Å². The molecule has 0 aliphatic rings. The summed E-state index contributed by atoms with van der Waals surface area (Å²) in [6, 6.07) is 26.9. The van der Waals surface area contributed by atoms with Gasteiger partial charge in [-0.2, -0.15) is 6.41 Å². The van der Waals surface area contributed by atoms with Crippen molar-refractivity contribution in [3.8, 4) is 0 Å². The van der Waals surface area contributed by atoms with E-state index in [1.807, 2.05) is 98.8 Å². The second-order valence-corrected chi connectivity index (χ2v) is 9.17. The van der Waals surface area contributed by atoms with Crippen LogP contribution in [-0.2, 0) is 29.5 Å². The van der Waals surface area contributed by atoms with Gasteiger partial charge in [0, 0.05) is 28.1 Å². The molecule has 3 aromatic rings.